The Kier molecular flexibility index (Phi) is 5.50. The van der Waals surface area contributed by atoms with Gasteiger partial charge in [0.1, 0.15) is 13.2 Å². The molecule has 0 saturated heterocycles. The van der Waals surface area contributed by atoms with Crippen LogP contribution < -0.4 is 24.3 Å². The number of carbonyl (C=O) groups is 1. The number of carbonyl (C=O) groups excluding carboxylic acids is 1. The predicted octanol–water partition coefficient (Wildman–Crippen LogP) is 4.10. The van der Waals surface area contributed by atoms with E-state index in [2.05, 4.69) is 5.32 Å². The van der Waals surface area contributed by atoms with Crippen LogP contribution in [-0.2, 0) is 10.5 Å². The van der Waals surface area contributed by atoms with Gasteiger partial charge in [0.2, 0.25) is 12.7 Å². The Labute approximate surface area is 166 Å². The molecule has 8 heteroatoms. The average Bonchev–Trinajstić information content (AvgIpc) is 3.13. The van der Waals surface area contributed by atoms with E-state index in [0.29, 0.717) is 59.1 Å². The van der Waals surface area contributed by atoms with E-state index in [1.165, 1.54) is 0 Å². The molecule has 0 radical (unpaired) electrons. The summed E-state index contributed by atoms with van der Waals surface area (Å²) >= 11 is 7.91. The van der Waals surface area contributed by atoms with E-state index in [4.69, 9.17) is 30.5 Å². The second kappa shape index (κ2) is 8.19. The van der Waals surface area contributed by atoms with E-state index in [0.717, 1.165) is 11.3 Å². The van der Waals surface area contributed by atoms with Crippen molar-refractivity contribution in [2.75, 3.05) is 31.1 Å². The third-order valence-electron chi connectivity index (χ3n) is 4.06. The average molecular weight is 408 g/mol. The van der Waals surface area contributed by atoms with Crippen molar-refractivity contribution in [2.24, 2.45) is 0 Å². The molecular weight excluding hydrogens is 390 g/mol. The molecule has 2 aliphatic heterocycles. The zero-order valence-corrected chi connectivity index (χ0v) is 16.0. The van der Waals surface area contributed by atoms with Crippen LogP contribution in [-0.4, -0.2) is 31.7 Å². The van der Waals surface area contributed by atoms with Gasteiger partial charge in [0, 0.05) is 29.7 Å². The summed E-state index contributed by atoms with van der Waals surface area (Å²) < 4.78 is 21.7. The molecule has 0 aliphatic carbocycles. The van der Waals surface area contributed by atoms with Crippen LogP contribution in [0.1, 0.15) is 12.0 Å². The highest BCUT2D eigenvalue weighted by Gasteiger charge is 2.17. The normalized spacial score (nSPS) is 14.1. The first kappa shape index (κ1) is 18.1. The number of ether oxygens (including phenoxy) is 4. The fraction of sp³-hybridized carbons (Fsp3) is 0.316. The monoisotopic (exact) mass is 407 g/mol. The molecule has 27 heavy (non-hydrogen) atoms. The lowest BCUT2D eigenvalue weighted by atomic mass is 10.2. The molecule has 2 aromatic rings. The van der Waals surface area contributed by atoms with Gasteiger partial charge in [0.05, 0.1) is 5.02 Å². The maximum Gasteiger partial charge on any atom is 0.231 e. The third-order valence-corrected chi connectivity index (χ3v) is 5.37. The van der Waals surface area contributed by atoms with E-state index in [9.17, 15) is 4.79 Å². The van der Waals surface area contributed by atoms with Gasteiger partial charge in [-0.3, -0.25) is 4.79 Å². The van der Waals surface area contributed by atoms with Gasteiger partial charge in [-0.2, -0.15) is 11.8 Å². The van der Waals surface area contributed by atoms with Crippen molar-refractivity contribution in [3.63, 3.8) is 0 Å². The van der Waals surface area contributed by atoms with E-state index in [1.807, 2.05) is 12.1 Å². The topological polar surface area (TPSA) is 66.0 Å². The van der Waals surface area contributed by atoms with E-state index < -0.39 is 0 Å². The number of amides is 1. The van der Waals surface area contributed by atoms with E-state index >= 15 is 0 Å². The molecule has 0 aromatic heterocycles. The van der Waals surface area contributed by atoms with Crippen LogP contribution in [0.4, 0.5) is 5.69 Å². The van der Waals surface area contributed by atoms with Crippen molar-refractivity contribution < 1.29 is 23.7 Å². The van der Waals surface area contributed by atoms with Crippen molar-refractivity contribution in [3.05, 3.63) is 40.9 Å². The van der Waals surface area contributed by atoms with Crippen LogP contribution in [0.5, 0.6) is 23.0 Å². The highest BCUT2D eigenvalue weighted by Crippen LogP contribution is 2.39. The van der Waals surface area contributed by atoms with Crippen LogP contribution in [0.15, 0.2) is 30.3 Å². The molecule has 0 unspecified atom stereocenters. The van der Waals surface area contributed by atoms with Crippen molar-refractivity contribution in [3.8, 4) is 23.0 Å². The minimum atomic E-state index is -0.0402. The zero-order chi connectivity index (χ0) is 18.6. The van der Waals surface area contributed by atoms with Crippen LogP contribution in [0.25, 0.3) is 0 Å². The summed E-state index contributed by atoms with van der Waals surface area (Å²) in [6.45, 7) is 1.26. The fourth-order valence-corrected chi connectivity index (χ4v) is 3.96. The molecule has 4 rings (SSSR count). The summed E-state index contributed by atoms with van der Waals surface area (Å²) in [6, 6.07) is 9.19. The molecule has 2 aliphatic rings. The maximum atomic E-state index is 12.1. The third kappa shape index (κ3) is 4.36. The summed E-state index contributed by atoms with van der Waals surface area (Å²) in [7, 11) is 0. The minimum Gasteiger partial charge on any atom is -0.486 e. The summed E-state index contributed by atoms with van der Waals surface area (Å²) in [4.78, 5) is 12.1. The standard InChI is InChI=1S/C19H18ClNO5S/c20-14-7-12(8-17-19(14)24-5-4-23-17)10-27-6-3-18(22)21-13-1-2-15-16(9-13)26-11-25-15/h1-2,7-9H,3-6,10-11H2,(H,21,22). The van der Waals surface area contributed by atoms with Gasteiger partial charge in [-0.1, -0.05) is 11.6 Å². The highest BCUT2D eigenvalue weighted by molar-refractivity contribution is 7.98. The Balaban J connectivity index is 1.24. The quantitative estimate of drug-likeness (QED) is 0.727. The first-order valence-electron chi connectivity index (χ1n) is 8.54. The Bertz CT molecular complexity index is 860. The first-order chi connectivity index (χ1) is 13.2. The van der Waals surface area contributed by atoms with Gasteiger partial charge in [0.15, 0.2) is 23.0 Å². The molecule has 0 spiro atoms. The lowest BCUT2D eigenvalue weighted by Gasteiger charge is -2.20. The van der Waals surface area contributed by atoms with Gasteiger partial charge < -0.3 is 24.3 Å². The first-order valence-corrected chi connectivity index (χ1v) is 10.1. The van der Waals surface area contributed by atoms with Crippen LogP contribution in [0.3, 0.4) is 0 Å². The molecule has 1 N–H and O–H groups in total. The number of hydrogen-bond donors (Lipinski definition) is 1. The Morgan fingerprint density at radius 2 is 1.89 bits per heavy atom. The number of anilines is 1. The maximum absolute atomic E-state index is 12.1. The summed E-state index contributed by atoms with van der Waals surface area (Å²) in [6.07, 6.45) is 0.414. The number of fused-ring (bicyclic) bond motifs is 2. The van der Waals surface area contributed by atoms with Gasteiger partial charge in [-0.15, -0.1) is 0 Å². The zero-order valence-electron chi connectivity index (χ0n) is 14.5. The molecule has 0 bridgehead atoms. The van der Waals surface area contributed by atoms with Gasteiger partial charge in [0.25, 0.3) is 0 Å². The van der Waals surface area contributed by atoms with Crippen molar-refractivity contribution in [1.82, 2.24) is 0 Å². The van der Waals surface area contributed by atoms with E-state index in [1.54, 1.807) is 30.0 Å². The molecule has 1 amide bonds. The molecule has 2 aromatic carbocycles. The Morgan fingerprint density at radius 3 is 2.81 bits per heavy atom. The Hall–Kier alpha value is -2.25. The van der Waals surface area contributed by atoms with E-state index in [-0.39, 0.29) is 12.7 Å². The molecular formula is C19H18ClNO5S. The minimum absolute atomic E-state index is 0.0402. The fourth-order valence-electron chi connectivity index (χ4n) is 2.80. The smallest absolute Gasteiger partial charge is 0.231 e. The number of benzene rings is 2. The number of rotatable bonds is 6. The highest BCUT2D eigenvalue weighted by atomic mass is 35.5. The van der Waals surface area contributed by atoms with Gasteiger partial charge in [-0.25, -0.2) is 0 Å². The van der Waals surface area contributed by atoms with Crippen molar-refractivity contribution >= 4 is 35.0 Å². The number of thioether (sulfide) groups is 1. The number of halogens is 1. The number of hydrogen-bond acceptors (Lipinski definition) is 6. The van der Waals surface area contributed by atoms with Crippen LogP contribution in [0, 0.1) is 0 Å². The lowest BCUT2D eigenvalue weighted by Crippen LogP contribution is -2.15. The van der Waals surface area contributed by atoms with Gasteiger partial charge in [-0.05, 0) is 29.8 Å². The second-order valence-corrected chi connectivity index (χ2v) is 7.53. The summed E-state index contributed by atoms with van der Waals surface area (Å²) in [5.74, 6) is 4.04. The van der Waals surface area contributed by atoms with Crippen molar-refractivity contribution in [2.45, 2.75) is 12.2 Å². The van der Waals surface area contributed by atoms with Gasteiger partial charge >= 0.3 is 0 Å². The molecule has 0 saturated carbocycles. The number of nitrogens with one attached hydrogen (secondary N) is 1. The van der Waals surface area contributed by atoms with Crippen LogP contribution >= 0.6 is 23.4 Å². The summed E-state index contributed by atoms with van der Waals surface area (Å²) in [5, 5.41) is 3.43. The largest absolute Gasteiger partial charge is 0.486 e. The molecule has 6 nitrogen and oxygen atoms in total. The molecule has 2 heterocycles. The summed E-state index contributed by atoms with van der Waals surface area (Å²) in [5.41, 5.74) is 1.75. The SMILES string of the molecule is O=C(CCSCc1cc(Cl)c2c(c1)OCCO2)Nc1ccc2c(c1)OCO2. The predicted molar refractivity (Wildman–Crippen MR) is 104 cm³/mol. The molecule has 0 fully saturated rings. The lowest BCUT2D eigenvalue weighted by molar-refractivity contribution is -0.115. The Morgan fingerprint density at radius 1 is 1.04 bits per heavy atom. The molecule has 0 atom stereocenters. The van der Waals surface area contributed by atoms with Crippen LogP contribution in [0.2, 0.25) is 5.02 Å². The molecule has 142 valence electrons. The second-order valence-electron chi connectivity index (χ2n) is 6.02. The van der Waals surface area contributed by atoms with Crippen molar-refractivity contribution in [1.29, 1.82) is 0 Å².